The van der Waals surface area contributed by atoms with E-state index in [1.54, 1.807) is 45.9 Å². The van der Waals surface area contributed by atoms with Gasteiger partial charge in [0.2, 0.25) is 17.7 Å². The monoisotopic (exact) mass is 562 g/mol. The molecule has 10 nitrogen and oxygen atoms in total. The Morgan fingerprint density at radius 1 is 1.02 bits per heavy atom. The number of primary amides is 1. The number of rotatable bonds is 14. The number of nitrogens with one attached hydrogen (secondary N) is 2. The lowest BCUT2D eigenvalue weighted by molar-refractivity contribution is -0.146. The van der Waals surface area contributed by atoms with Crippen LogP contribution in [0.1, 0.15) is 105 Å². The fourth-order valence-electron chi connectivity index (χ4n) is 4.49. The second-order valence-corrected chi connectivity index (χ2v) is 12.0. The minimum absolute atomic E-state index is 0.105. The normalized spacial score (nSPS) is 14.6. The Morgan fingerprint density at radius 2 is 1.65 bits per heavy atom. The van der Waals surface area contributed by atoms with Crippen molar-refractivity contribution in [3.63, 3.8) is 0 Å². The number of hydrogen-bond donors (Lipinski definition) is 4. The van der Waals surface area contributed by atoms with Crippen LogP contribution in [0, 0.1) is 12.8 Å². The van der Waals surface area contributed by atoms with Crippen molar-refractivity contribution in [1.29, 1.82) is 0 Å². The topological polar surface area (TPSA) is 151 Å². The van der Waals surface area contributed by atoms with E-state index in [1.807, 2.05) is 20.8 Å². The molecule has 5 N–H and O–H groups in total. The molecule has 226 valence electrons. The van der Waals surface area contributed by atoms with Crippen LogP contribution in [0.2, 0.25) is 0 Å². The second kappa shape index (κ2) is 15.5. The lowest BCUT2D eigenvalue weighted by Gasteiger charge is -2.39. The van der Waals surface area contributed by atoms with Crippen LogP contribution in [0.4, 0.5) is 4.79 Å². The van der Waals surface area contributed by atoms with Crippen molar-refractivity contribution >= 4 is 23.8 Å². The van der Waals surface area contributed by atoms with Crippen LogP contribution in [0.25, 0.3) is 0 Å². The first kappa shape index (κ1) is 34.7. The number of aromatic hydroxyl groups is 1. The van der Waals surface area contributed by atoms with Crippen molar-refractivity contribution in [3.8, 4) is 5.75 Å². The SMILES string of the molecule is CCCC(C)NC(=O)C(c1cccc(C)c1O)N(C(=O)C(CC(N)=O)NC(=O)OC(C)(C)C)C(C)CCC(C)C. The van der Waals surface area contributed by atoms with Gasteiger partial charge in [-0.25, -0.2) is 4.79 Å². The van der Waals surface area contributed by atoms with E-state index in [9.17, 15) is 24.3 Å². The van der Waals surface area contributed by atoms with Crippen molar-refractivity contribution < 1.29 is 29.0 Å². The molecule has 1 aromatic rings. The maximum Gasteiger partial charge on any atom is 0.408 e. The lowest BCUT2D eigenvalue weighted by Crippen LogP contribution is -2.56. The summed E-state index contributed by atoms with van der Waals surface area (Å²) in [5, 5.41) is 16.5. The molecule has 1 rings (SSSR count). The molecule has 0 aliphatic heterocycles. The van der Waals surface area contributed by atoms with Crippen LogP contribution in [0.15, 0.2) is 18.2 Å². The Bertz CT molecular complexity index is 1020. The van der Waals surface area contributed by atoms with Crippen molar-refractivity contribution in [1.82, 2.24) is 15.5 Å². The molecule has 0 aromatic heterocycles. The van der Waals surface area contributed by atoms with Gasteiger partial charge < -0.3 is 31.1 Å². The summed E-state index contributed by atoms with van der Waals surface area (Å²) in [6, 6.07) is 1.73. The first-order chi connectivity index (χ1) is 18.5. The molecule has 0 saturated heterocycles. The van der Waals surface area contributed by atoms with E-state index in [0.29, 0.717) is 17.9 Å². The quantitative estimate of drug-likeness (QED) is 0.263. The number of benzene rings is 1. The van der Waals surface area contributed by atoms with Gasteiger partial charge in [-0.15, -0.1) is 0 Å². The zero-order valence-corrected chi connectivity index (χ0v) is 25.7. The molecule has 40 heavy (non-hydrogen) atoms. The Labute approximate surface area is 239 Å². The smallest absolute Gasteiger partial charge is 0.408 e. The first-order valence-corrected chi connectivity index (χ1v) is 14.2. The summed E-state index contributed by atoms with van der Waals surface area (Å²) in [6.07, 6.45) is 1.48. The fourth-order valence-corrected chi connectivity index (χ4v) is 4.49. The molecule has 0 heterocycles. The number of carbonyl (C=O) groups excluding carboxylic acids is 4. The van der Waals surface area contributed by atoms with E-state index in [0.717, 1.165) is 19.3 Å². The van der Waals surface area contributed by atoms with Gasteiger partial charge in [0.15, 0.2) is 0 Å². The van der Waals surface area contributed by atoms with Gasteiger partial charge in [0.1, 0.15) is 23.4 Å². The molecule has 0 radical (unpaired) electrons. The predicted octanol–water partition coefficient (Wildman–Crippen LogP) is 4.47. The van der Waals surface area contributed by atoms with Crippen LogP contribution in [-0.2, 0) is 19.1 Å². The number of phenolic OH excluding ortho intramolecular Hbond substituents is 1. The number of nitrogens with two attached hydrogens (primary N) is 1. The van der Waals surface area contributed by atoms with E-state index in [-0.39, 0.29) is 17.4 Å². The van der Waals surface area contributed by atoms with Gasteiger partial charge >= 0.3 is 6.09 Å². The number of para-hydroxylation sites is 1. The molecule has 0 aliphatic rings. The average molecular weight is 563 g/mol. The minimum Gasteiger partial charge on any atom is -0.507 e. The van der Waals surface area contributed by atoms with Crippen LogP contribution in [0.5, 0.6) is 5.75 Å². The summed E-state index contributed by atoms with van der Waals surface area (Å²) < 4.78 is 5.33. The van der Waals surface area contributed by atoms with Crippen molar-refractivity contribution in [2.45, 2.75) is 124 Å². The molecule has 10 heteroatoms. The van der Waals surface area contributed by atoms with Gasteiger partial charge in [-0.1, -0.05) is 45.4 Å². The van der Waals surface area contributed by atoms with Crippen LogP contribution >= 0.6 is 0 Å². The number of phenols is 1. The molecule has 0 bridgehead atoms. The zero-order chi connectivity index (χ0) is 30.8. The maximum atomic E-state index is 14.3. The number of aryl methyl sites for hydroxylation is 1. The Hall–Kier alpha value is -3.30. The lowest BCUT2D eigenvalue weighted by atomic mass is 9.95. The third-order valence-corrected chi connectivity index (χ3v) is 6.49. The number of hydrogen-bond acceptors (Lipinski definition) is 6. The molecule has 4 amide bonds. The van der Waals surface area contributed by atoms with Crippen molar-refractivity contribution in [3.05, 3.63) is 29.3 Å². The number of nitrogens with zero attached hydrogens (tertiary/aromatic N) is 1. The van der Waals surface area contributed by atoms with Crippen LogP contribution in [0.3, 0.4) is 0 Å². The van der Waals surface area contributed by atoms with Gasteiger partial charge in [0.25, 0.3) is 0 Å². The highest BCUT2D eigenvalue weighted by molar-refractivity contribution is 5.95. The Balaban J connectivity index is 3.74. The van der Waals surface area contributed by atoms with E-state index in [2.05, 4.69) is 24.5 Å². The second-order valence-electron chi connectivity index (χ2n) is 12.0. The highest BCUT2D eigenvalue weighted by Gasteiger charge is 2.40. The largest absolute Gasteiger partial charge is 0.507 e. The number of alkyl carbamates (subject to hydrolysis) is 1. The highest BCUT2D eigenvalue weighted by atomic mass is 16.6. The predicted molar refractivity (Wildman–Crippen MR) is 155 cm³/mol. The van der Waals surface area contributed by atoms with E-state index in [4.69, 9.17) is 10.5 Å². The summed E-state index contributed by atoms with van der Waals surface area (Å²) in [4.78, 5) is 54.3. The molecule has 0 saturated carbocycles. The molecule has 0 fully saturated rings. The molecular formula is C30H50N4O6. The molecule has 1 aromatic carbocycles. The van der Waals surface area contributed by atoms with E-state index >= 15 is 0 Å². The summed E-state index contributed by atoms with van der Waals surface area (Å²) in [7, 11) is 0. The Morgan fingerprint density at radius 3 is 2.17 bits per heavy atom. The summed E-state index contributed by atoms with van der Waals surface area (Å²) in [6.45, 7) is 16.6. The zero-order valence-electron chi connectivity index (χ0n) is 25.7. The molecule has 0 aliphatic carbocycles. The van der Waals surface area contributed by atoms with Gasteiger partial charge in [-0.2, -0.15) is 0 Å². The van der Waals surface area contributed by atoms with Crippen LogP contribution < -0.4 is 16.4 Å². The Kier molecular flexibility index (Phi) is 13.4. The molecule has 0 spiro atoms. The molecule has 4 atom stereocenters. The summed E-state index contributed by atoms with van der Waals surface area (Å²) in [5.41, 5.74) is 5.42. The van der Waals surface area contributed by atoms with E-state index in [1.165, 1.54) is 4.90 Å². The van der Waals surface area contributed by atoms with Gasteiger partial charge in [-0.05, 0) is 72.3 Å². The highest BCUT2D eigenvalue weighted by Crippen LogP contribution is 2.34. The third-order valence-electron chi connectivity index (χ3n) is 6.49. The van der Waals surface area contributed by atoms with E-state index < -0.39 is 54.0 Å². The average Bonchev–Trinajstić information content (AvgIpc) is 2.80. The minimum atomic E-state index is -1.39. The van der Waals surface area contributed by atoms with Crippen molar-refractivity contribution in [2.75, 3.05) is 0 Å². The molecule has 4 unspecified atom stereocenters. The standard InChI is InChI=1S/C30H50N4O6/c1-10-12-20(5)32-27(37)25(22-14-11-13-19(4)26(22)36)34(21(6)16-15-18(2)3)28(38)23(17-24(31)35)33-29(39)40-30(7,8)9/h11,13-14,18,20-21,23,25,36H,10,12,15-17H2,1-9H3,(H2,31,35)(H,32,37)(H,33,39). The first-order valence-electron chi connectivity index (χ1n) is 14.2. The third kappa shape index (κ3) is 11.1. The van der Waals surface area contributed by atoms with Gasteiger partial charge in [-0.3, -0.25) is 14.4 Å². The molecular weight excluding hydrogens is 512 g/mol. The van der Waals surface area contributed by atoms with Crippen molar-refractivity contribution in [2.24, 2.45) is 11.7 Å². The van der Waals surface area contributed by atoms with Gasteiger partial charge in [0.05, 0.1) is 6.42 Å². The number of ether oxygens (including phenoxy) is 1. The maximum absolute atomic E-state index is 14.3. The summed E-state index contributed by atoms with van der Waals surface area (Å²) in [5.74, 6) is -1.73. The number of carbonyl (C=O) groups is 4. The fraction of sp³-hybridized carbons (Fsp3) is 0.667. The summed E-state index contributed by atoms with van der Waals surface area (Å²) >= 11 is 0. The van der Waals surface area contributed by atoms with Gasteiger partial charge in [0, 0.05) is 17.6 Å². The number of amides is 4. The van der Waals surface area contributed by atoms with Crippen LogP contribution in [-0.4, -0.2) is 57.5 Å².